The molecule has 2 heterocycles. The van der Waals surface area contributed by atoms with E-state index in [9.17, 15) is 24.9 Å². The number of Topliss-reactive ketones (excluding diaryl/α,β-unsaturated/α-hetero) is 1. The summed E-state index contributed by atoms with van der Waals surface area (Å²) in [6.07, 6.45) is 0.753. The predicted molar refractivity (Wildman–Crippen MR) is 175 cm³/mol. The van der Waals surface area contributed by atoms with Crippen molar-refractivity contribution in [3.05, 3.63) is 11.6 Å². The van der Waals surface area contributed by atoms with E-state index in [0.29, 0.717) is 51.4 Å². The molecule has 0 spiro atoms. The van der Waals surface area contributed by atoms with E-state index in [1.54, 1.807) is 21.1 Å². The highest BCUT2D eigenvalue weighted by atomic mass is 16.7. The van der Waals surface area contributed by atoms with Crippen molar-refractivity contribution in [3.8, 4) is 0 Å². The van der Waals surface area contributed by atoms with Gasteiger partial charge in [0.05, 0.1) is 36.1 Å². The average Bonchev–Trinajstić information content (AvgIpc) is 3.34. The van der Waals surface area contributed by atoms with Gasteiger partial charge in [0.2, 0.25) is 0 Å². The third-order valence-corrected chi connectivity index (χ3v) is 13.6. The minimum atomic E-state index is -1.27. The highest BCUT2D eigenvalue weighted by molar-refractivity contribution is 5.80. The van der Waals surface area contributed by atoms with E-state index >= 15 is 0 Å². The van der Waals surface area contributed by atoms with Gasteiger partial charge in [0.25, 0.3) is 0 Å². The third-order valence-electron chi connectivity index (χ3n) is 13.6. The molecule has 0 aromatic rings. The summed E-state index contributed by atoms with van der Waals surface area (Å²) < 4.78 is 42.6. The maximum Gasteiger partial charge on any atom is 0.303 e. The Balaban J connectivity index is 1.16. The molecule has 49 heavy (non-hydrogen) atoms. The molecule has 278 valence electrons. The monoisotopic (exact) mass is 694 g/mol. The van der Waals surface area contributed by atoms with Crippen LogP contribution in [0.2, 0.25) is 0 Å². The number of rotatable bonds is 8. The number of aliphatic hydroxyl groups excluding tert-OH is 2. The van der Waals surface area contributed by atoms with Crippen LogP contribution in [0.15, 0.2) is 11.6 Å². The molecule has 17 unspecified atom stereocenters. The van der Waals surface area contributed by atoms with Crippen LogP contribution in [0.3, 0.4) is 0 Å². The quantitative estimate of drug-likeness (QED) is 0.252. The number of aliphatic hydroxyl groups is 3. The highest BCUT2D eigenvalue weighted by Crippen LogP contribution is 2.68. The van der Waals surface area contributed by atoms with E-state index in [1.165, 1.54) is 19.4 Å². The summed E-state index contributed by atoms with van der Waals surface area (Å²) in [4.78, 5) is 25.3. The van der Waals surface area contributed by atoms with Gasteiger partial charge in [-0.15, -0.1) is 0 Å². The van der Waals surface area contributed by atoms with Crippen LogP contribution in [-0.4, -0.2) is 114 Å². The largest absolute Gasteiger partial charge is 0.459 e. The first-order chi connectivity index (χ1) is 23.1. The lowest BCUT2D eigenvalue weighted by atomic mass is 9.44. The standard InChI is InChI=1S/C37H58O12/c1-18(38)24-12-14-37(42)25-10-9-22-15-23(11-13-35(22,5)30(25)33(47-21(4)39)34(41)36(24,37)6)48-28-17-27(44-8)32(20(3)46-28)49-29-16-26(43-7)31(40)19(2)45-29/h9,19-20,23-34,40-42H,10-17H2,1-8H3. The Morgan fingerprint density at radius 2 is 1.55 bits per heavy atom. The summed E-state index contributed by atoms with van der Waals surface area (Å²) in [5.74, 6) is -1.65. The van der Waals surface area contributed by atoms with Crippen LogP contribution < -0.4 is 0 Å². The first-order valence-corrected chi connectivity index (χ1v) is 18.2. The number of ether oxygens (including phenoxy) is 7. The van der Waals surface area contributed by atoms with E-state index in [0.717, 1.165) is 0 Å². The van der Waals surface area contributed by atoms with Gasteiger partial charge in [-0.1, -0.05) is 25.5 Å². The van der Waals surface area contributed by atoms with Crippen molar-refractivity contribution in [3.63, 3.8) is 0 Å². The van der Waals surface area contributed by atoms with Gasteiger partial charge in [-0.25, -0.2) is 0 Å². The molecule has 0 bridgehead atoms. The Morgan fingerprint density at radius 3 is 2.20 bits per heavy atom. The van der Waals surface area contributed by atoms with Crippen LogP contribution in [-0.2, 0) is 42.7 Å². The van der Waals surface area contributed by atoms with Crippen LogP contribution >= 0.6 is 0 Å². The lowest BCUT2D eigenvalue weighted by Crippen LogP contribution is -2.72. The molecular weight excluding hydrogens is 636 g/mol. The molecule has 6 rings (SSSR count). The molecule has 3 N–H and O–H groups in total. The summed E-state index contributed by atoms with van der Waals surface area (Å²) in [5, 5.41) is 34.8. The first kappa shape index (κ1) is 37.3. The van der Waals surface area contributed by atoms with Crippen LogP contribution in [0.5, 0.6) is 0 Å². The van der Waals surface area contributed by atoms with Crippen molar-refractivity contribution in [1.29, 1.82) is 0 Å². The fourth-order valence-electron chi connectivity index (χ4n) is 11.0. The normalized spacial score (nSPS) is 51.2. The number of allylic oxidation sites excluding steroid dienone is 1. The SMILES string of the molecule is COC1CC(OC2C(C)OC(OC3CCC4(C)C(=CCC5C4C(OC(C)=O)C(O)C4(C)C(C(C)=O)CCC54O)C3)CC2OC)OC(C)C1O. The van der Waals surface area contributed by atoms with Crippen molar-refractivity contribution in [2.75, 3.05) is 14.2 Å². The lowest BCUT2D eigenvalue weighted by Gasteiger charge is -2.64. The Bertz CT molecular complexity index is 1270. The molecular formula is C37H58O12. The zero-order valence-electron chi connectivity index (χ0n) is 30.3. The topological polar surface area (TPSA) is 159 Å². The summed E-state index contributed by atoms with van der Waals surface area (Å²) in [6, 6.07) is 0. The summed E-state index contributed by atoms with van der Waals surface area (Å²) in [5.41, 5.74) is -1.67. The van der Waals surface area contributed by atoms with Crippen molar-refractivity contribution in [1.82, 2.24) is 0 Å². The molecule has 0 aromatic carbocycles. The fraction of sp³-hybridized carbons (Fsp3) is 0.892. The first-order valence-electron chi connectivity index (χ1n) is 18.2. The van der Waals surface area contributed by atoms with Gasteiger partial charge in [-0.2, -0.15) is 0 Å². The number of methoxy groups -OCH3 is 2. The minimum Gasteiger partial charge on any atom is -0.459 e. The van der Waals surface area contributed by atoms with Gasteiger partial charge in [0, 0.05) is 51.2 Å². The maximum absolute atomic E-state index is 12.8. The second-order valence-electron chi connectivity index (χ2n) is 16.1. The van der Waals surface area contributed by atoms with Crippen molar-refractivity contribution in [2.45, 2.75) is 166 Å². The molecule has 4 aliphatic carbocycles. The van der Waals surface area contributed by atoms with E-state index in [4.69, 9.17) is 33.2 Å². The van der Waals surface area contributed by atoms with Gasteiger partial charge in [0.15, 0.2) is 12.6 Å². The van der Waals surface area contributed by atoms with Crippen LogP contribution in [0.1, 0.15) is 92.9 Å². The number of esters is 1. The maximum atomic E-state index is 12.8. The van der Waals surface area contributed by atoms with Gasteiger partial charge >= 0.3 is 5.97 Å². The molecule has 12 nitrogen and oxygen atoms in total. The van der Waals surface area contributed by atoms with Gasteiger partial charge in [-0.3, -0.25) is 9.59 Å². The number of hydrogen-bond donors (Lipinski definition) is 3. The average molecular weight is 695 g/mol. The molecule has 0 aromatic heterocycles. The molecule has 17 atom stereocenters. The zero-order valence-corrected chi connectivity index (χ0v) is 30.3. The number of fused-ring (bicyclic) bond motifs is 5. The van der Waals surface area contributed by atoms with Crippen LogP contribution in [0.4, 0.5) is 0 Å². The Labute approximate surface area is 290 Å². The molecule has 6 aliphatic rings. The number of carbonyl (C=O) groups is 2. The molecule has 0 radical (unpaired) electrons. The molecule has 0 amide bonds. The Hall–Kier alpha value is -1.48. The van der Waals surface area contributed by atoms with Crippen molar-refractivity contribution >= 4 is 11.8 Å². The van der Waals surface area contributed by atoms with Crippen molar-refractivity contribution < 1.29 is 58.1 Å². The number of hydrogen-bond acceptors (Lipinski definition) is 12. The summed E-state index contributed by atoms with van der Waals surface area (Å²) in [6.45, 7) is 10.6. The van der Waals surface area contributed by atoms with E-state index < -0.39 is 77.5 Å². The number of ketones is 1. The third kappa shape index (κ3) is 6.14. The second kappa shape index (κ2) is 13.8. The van der Waals surface area contributed by atoms with Gasteiger partial charge in [-0.05, 0) is 70.6 Å². The summed E-state index contributed by atoms with van der Waals surface area (Å²) in [7, 11) is 3.22. The smallest absolute Gasteiger partial charge is 0.303 e. The molecule has 2 saturated heterocycles. The van der Waals surface area contributed by atoms with E-state index in [2.05, 4.69) is 13.0 Å². The predicted octanol–water partition coefficient (Wildman–Crippen LogP) is 3.21. The zero-order chi connectivity index (χ0) is 35.6. The Morgan fingerprint density at radius 1 is 0.898 bits per heavy atom. The number of carbonyl (C=O) groups excluding carboxylic acids is 2. The van der Waals surface area contributed by atoms with Crippen LogP contribution in [0, 0.1) is 28.6 Å². The summed E-state index contributed by atoms with van der Waals surface area (Å²) >= 11 is 0. The van der Waals surface area contributed by atoms with E-state index in [-0.39, 0.29) is 35.9 Å². The molecule has 3 saturated carbocycles. The molecule has 5 fully saturated rings. The van der Waals surface area contributed by atoms with Crippen molar-refractivity contribution in [2.24, 2.45) is 28.6 Å². The van der Waals surface area contributed by atoms with Crippen LogP contribution in [0.25, 0.3) is 0 Å². The van der Waals surface area contributed by atoms with E-state index in [1.807, 2.05) is 13.8 Å². The van der Waals surface area contributed by atoms with Gasteiger partial charge in [0.1, 0.15) is 30.2 Å². The second-order valence-corrected chi connectivity index (χ2v) is 16.1. The Kier molecular flexibility index (Phi) is 10.5. The van der Waals surface area contributed by atoms with Gasteiger partial charge < -0.3 is 48.5 Å². The lowest BCUT2D eigenvalue weighted by molar-refractivity contribution is -0.320. The molecule has 2 aliphatic heterocycles. The fourth-order valence-corrected chi connectivity index (χ4v) is 11.0. The minimum absolute atomic E-state index is 0.0576. The highest BCUT2D eigenvalue weighted by Gasteiger charge is 2.74. The molecule has 12 heteroatoms.